The SMILES string of the molecule is C=c1nns/c1=c1\[nH][nH]c(=O)\c1=C/c1cn(C)c2ccc(OC)cc12. The van der Waals surface area contributed by atoms with Crippen molar-refractivity contribution in [2.24, 2.45) is 7.05 Å². The zero-order valence-corrected chi connectivity index (χ0v) is 14.5. The number of aromatic nitrogens is 5. The number of hydrogen-bond acceptors (Lipinski definition) is 5. The molecule has 0 unspecified atom stereocenters. The summed E-state index contributed by atoms with van der Waals surface area (Å²) >= 11 is 1.20. The molecule has 0 radical (unpaired) electrons. The Labute approximate surface area is 145 Å². The van der Waals surface area contributed by atoms with Crippen LogP contribution in [0.15, 0.2) is 29.2 Å². The number of hydrogen-bond donors (Lipinski definition) is 2. The molecule has 0 aliphatic heterocycles. The number of aryl methyl sites for hydroxylation is 1. The van der Waals surface area contributed by atoms with E-state index < -0.39 is 0 Å². The summed E-state index contributed by atoms with van der Waals surface area (Å²) in [6.45, 7) is 3.86. The van der Waals surface area contributed by atoms with Crippen LogP contribution < -0.4 is 20.9 Å². The molecule has 25 heavy (non-hydrogen) atoms. The lowest BCUT2D eigenvalue weighted by Gasteiger charge is -2.00. The summed E-state index contributed by atoms with van der Waals surface area (Å²) in [6.07, 6.45) is 3.84. The average molecular weight is 353 g/mol. The van der Waals surface area contributed by atoms with Gasteiger partial charge in [-0.3, -0.25) is 15.0 Å². The Kier molecular flexibility index (Phi) is 3.54. The van der Waals surface area contributed by atoms with Crippen molar-refractivity contribution < 1.29 is 4.74 Å². The van der Waals surface area contributed by atoms with Crippen molar-refractivity contribution >= 4 is 35.1 Å². The van der Waals surface area contributed by atoms with Crippen LogP contribution in [0.1, 0.15) is 5.56 Å². The summed E-state index contributed by atoms with van der Waals surface area (Å²) in [5.74, 6) is 0.767. The standard InChI is InChI=1S/C17H15N5O2S/c1-9-16(25-21-18-9)15-13(17(23)20-19-15)6-10-8-22(2)14-5-4-11(24-3)7-12(10)14/h4-8,19H,1H2,2-3H3,(H,20,23)/b13-6-,16-15-. The maximum absolute atomic E-state index is 12.3. The second kappa shape index (κ2) is 5.75. The number of nitrogens with zero attached hydrogens (tertiary/aromatic N) is 3. The van der Waals surface area contributed by atoms with Gasteiger partial charge in [0.15, 0.2) is 0 Å². The molecule has 126 valence electrons. The minimum Gasteiger partial charge on any atom is -0.497 e. The fourth-order valence-electron chi connectivity index (χ4n) is 2.88. The number of H-pyrrole nitrogens is 2. The quantitative estimate of drug-likeness (QED) is 0.552. The van der Waals surface area contributed by atoms with Gasteiger partial charge in [0, 0.05) is 29.7 Å². The Morgan fingerprint density at radius 1 is 1.36 bits per heavy atom. The van der Waals surface area contributed by atoms with Crippen molar-refractivity contribution in [3.63, 3.8) is 0 Å². The van der Waals surface area contributed by atoms with Crippen molar-refractivity contribution in [1.82, 2.24) is 24.4 Å². The van der Waals surface area contributed by atoms with Gasteiger partial charge in [-0.15, -0.1) is 5.10 Å². The second-order valence-electron chi connectivity index (χ2n) is 5.64. The smallest absolute Gasteiger partial charge is 0.271 e. The first-order valence-corrected chi connectivity index (χ1v) is 8.29. The van der Waals surface area contributed by atoms with Crippen LogP contribution >= 0.6 is 11.5 Å². The summed E-state index contributed by atoms with van der Waals surface area (Å²) < 4.78 is 12.0. The first-order valence-electron chi connectivity index (χ1n) is 7.51. The number of nitrogens with one attached hydrogen (secondary N) is 2. The Bertz CT molecular complexity index is 1340. The van der Waals surface area contributed by atoms with Crippen LogP contribution in [0.25, 0.3) is 23.6 Å². The van der Waals surface area contributed by atoms with Crippen LogP contribution in [-0.2, 0) is 7.05 Å². The number of methoxy groups -OCH3 is 1. The summed E-state index contributed by atoms with van der Waals surface area (Å²) in [5.41, 5.74) is 1.77. The van der Waals surface area contributed by atoms with Crippen LogP contribution in [0.5, 0.6) is 5.75 Å². The first-order chi connectivity index (χ1) is 12.1. The monoisotopic (exact) mass is 353 g/mol. The fraction of sp³-hybridized carbons (Fsp3) is 0.118. The van der Waals surface area contributed by atoms with Gasteiger partial charge in [-0.25, -0.2) is 0 Å². The van der Waals surface area contributed by atoms with Gasteiger partial charge in [0.05, 0.1) is 17.7 Å². The second-order valence-corrected chi connectivity index (χ2v) is 6.39. The maximum atomic E-state index is 12.3. The molecule has 0 aliphatic carbocycles. The third-order valence-corrected chi connectivity index (χ3v) is 4.91. The van der Waals surface area contributed by atoms with E-state index in [9.17, 15) is 4.79 Å². The topological polar surface area (TPSA) is 88.6 Å². The number of aromatic amines is 2. The lowest BCUT2D eigenvalue weighted by Crippen LogP contribution is -2.22. The van der Waals surface area contributed by atoms with Gasteiger partial charge in [-0.05, 0) is 35.8 Å². The predicted octanol–water partition coefficient (Wildman–Crippen LogP) is 0.581. The lowest BCUT2D eigenvalue weighted by molar-refractivity contribution is 0.415. The van der Waals surface area contributed by atoms with Crippen LogP contribution in [0, 0.1) is 9.88 Å². The van der Waals surface area contributed by atoms with E-state index in [1.54, 1.807) is 7.11 Å². The molecular formula is C17H15N5O2S. The molecule has 4 rings (SSSR count). The third-order valence-electron chi connectivity index (χ3n) is 4.13. The van der Waals surface area contributed by atoms with E-state index in [1.165, 1.54) is 11.5 Å². The molecule has 0 atom stereocenters. The zero-order chi connectivity index (χ0) is 17.6. The van der Waals surface area contributed by atoms with E-state index >= 15 is 0 Å². The highest BCUT2D eigenvalue weighted by molar-refractivity contribution is 7.03. The molecule has 0 amide bonds. The molecule has 2 N–H and O–H groups in total. The highest BCUT2D eigenvalue weighted by atomic mass is 32.1. The predicted molar refractivity (Wildman–Crippen MR) is 96.8 cm³/mol. The molecule has 0 aliphatic rings. The molecule has 7 nitrogen and oxygen atoms in total. The molecule has 3 aromatic heterocycles. The van der Waals surface area contributed by atoms with Crippen LogP contribution in [0.3, 0.4) is 0 Å². The van der Waals surface area contributed by atoms with Crippen molar-refractivity contribution in [3.05, 3.63) is 60.8 Å². The molecule has 0 saturated carbocycles. The van der Waals surface area contributed by atoms with E-state index in [-0.39, 0.29) is 5.56 Å². The highest BCUT2D eigenvalue weighted by Crippen LogP contribution is 2.25. The van der Waals surface area contributed by atoms with Gasteiger partial charge >= 0.3 is 0 Å². The van der Waals surface area contributed by atoms with Gasteiger partial charge in [0.1, 0.15) is 15.6 Å². The average Bonchev–Trinajstić information content (AvgIpc) is 3.27. The summed E-state index contributed by atoms with van der Waals surface area (Å²) in [5, 5.41) is 12.2. The molecule has 0 fully saturated rings. The highest BCUT2D eigenvalue weighted by Gasteiger charge is 2.07. The van der Waals surface area contributed by atoms with Crippen molar-refractivity contribution in [2.45, 2.75) is 0 Å². The van der Waals surface area contributed by atoms with Crippen molar-refractivity contribution in [1.29, 1.82) is 0 Å². The van der Waals surface area contributed by atoms with Gasteiger partial charge < -0.3 is 9.30 Å². The van der Waals surface area contributed by atoms with E-state index in [4.69, 9.17) is 4.74 Å². The van der Waals surface area contributed by atoms with E-state index in [0.29, 0.717) is 15.9 Å². The molecular weight excluding hydrogens is 338 g/mol. The van der Waals surface area contributed by atoms with Crippen molar-refractivity contribution in [2.75, 3.05) is 7.11 Å². The third kappa shape index (κ3) is 2.47. The van der Waals surface area contributed by atoms with Crippen LogP contribution in [-0.4, -0.2) is 31.5 Å². The normalized spacial score (nSPS) is 13.6. The number of rotatable bonds is 2. The molecule has 0 spiro atoms. The summed E-state index contributed by atoms with van der Waals surface area (Å²) in [7, 11) is 3.60. The van der Waals surface area contributed by atoms with Crippen LogP contribution in [0.4, 0.5) is 0 Å². The number of ether oxygens (including phenoxy) is 1. The molecule has 3 heterocycles. The Morgan fingerprint density at radius 2 is 2.20 bits per heavy atom. The van der Waals surface area contributed by atoms with Gasteiger partial charge in [0.2, 0.25) is 0 Å². The van der Waals surface area contributed by atoms with E-state index in [1.807, 2.05) is 42.1 Å². The Hall–Kier alpha value is -3.13. The minimum absolute atomic E-state index is 0.206. The molecule has 0 bridgehead atoms. The largest absolute Gasteiger partial charge is 0.497 e. The molecule has 8 heteroatoms. The van der Waals surface area contributed by atoms with Gasteiger partial charge in [-0.2, -0.15) is 0 Å². The number of fused-ring (bicyclic) bond motifs is 1. The molecule has 1 aromatic carbocycles. The van der Waals surface area contributed by atoms with Crippen LogP contribution in [0.2, 0.25) is 0 Å². The minimum atomic E-state index is -0.206. The Morgan fingerprint density at radius 3 is 2.92 bits per heavy atom. The van der Waals surface area contributed by atoms with Gasteiger partial charge in [0.25, 0.3) is 5.56 Å². The maximum Gasteiger partial charge on any atom is 0.271 e. The van der Waals surface area contributed by atoms with E-state index in [2.05, 4.69) is 26.4 Å². The molecule has 4 aromatic rings. The van der Waals surface area contributed by atoms with Gasteiger partial charge in [-0.1, -0.05) is 11.1 Å². The van der Waals surface area contributed by atoms with E-state index in [0.717, 1.165) is 26.7 Å². The Balaban J connectivity index is 2.12. The zero-order valence-electron chi connectivity index (χ0n) is 13.7. The number of benzene rings is 1. The summed E-state index contributed by atoms with van der Waals surface area (Å²) in [6, 6.07) is 5.87. The lowest BCUT2D eigenvalue weighted by atomic mass is 10.1. The van der Waals surface area contributed by atoms with Crippen molar-refractivity contribution in [3.8, 4) is 5.75 Å². The first kappa shape index (κ1) is 15.4. The molecule has 0 saturated heterocycles. The fourth-order valence-corrected chi connectivity index (χ4v) is 3.50. The summed E-state index contributed by atoms with van der Waals surface area (Å²) in [4.78, 5) is 12.3.